The second kappa shape index (κ2) is 6.30. The third-order valence-electron chi connectivity index (χ3n) is 4.65. The maximum atomic E-state index is 4.95. The van der Waals surface area contributed by atoms with Crippen LogP contribution in [0.15, 0.2) is 46.5 Å². The van der Waals surface area contributed by atoms with E-state index in [9.17, 15) is 0 Å². The summed E-state index contributed by atoms with van der Waals surface area (Å²) in [6.07, 6.45) is 6.80. The van der Waals surface area contributed by atoms with Crippen molar-refractivity contribution in [3.05, 3.63) is 48.0 Å². The van der Waals surface area contributed by atoms with Gasteiger partial charge in [-0.05, 0) is 30.5 Å². The molecule has 1 aromatic carbocycles. The highest BCUT2D eigenvalue weighted by atomic mass is 32.1. The maximum absolute atomic E-state index is 4.95. The number of imidazole rings is 1. The molecule has 0 amide bonds. The average Bonchev–Trinajstić information content (AvgIpc) is 3.19. The summed E-state index contributed by atoms with van der Waals surface area (Å²) in [6, 6.07) is 8.36. The van der Waals surface area contributed by atoms with Gasteiger partial charge in [0.05, 0.1) is 11.4 Å². The molecule has 3 aromatic rings. The molecule has 0 saturated heterocycles. The summed E-state index contributed by atoms with van der Waals surface area (Å²) in [5.41, 5.74) is 5.57. The van der Waals surface area contributed by atoms with Crippen LogP contribution in [0.5, 0.6) is 0 Å². The fraction of sp³-hybridized carbons (Fsp3) is 0.263. The number of thiol groups is 2. The zero-order valence-electron chi connectivity index (χ0n) is 13.5. The Morgan fingerprint density at radius 1 is 1.08 bits per heavy atom. The third kappa shape index (κ3) is 2.47. The van der Waals surface area contributed by atoms with Gasteiger partial charge in [-0.3, -0.25) is 4.98 Å². The van der Waals surface area contributed by atoms with Gasteiger partial charge in [-0.25, -0.2) is 4.98 Å². The van der Waals surface area contributed by atoms with Crippen LogP contribution in [0.1, 0.15) is 24.7 Å². The molecule has 0 aliphatic carbocycles. The Hall–Kier alpha value is -1.72. The van der Waals surface area contributed by atoms with E-state index in [2.05, 4.69) is 41.2 Å². The molecule has 0 spiro atoms. The van der Waals surface area contributed by atoms with Crippen LogP contribution < -0.4 is 0 Å². The first-order chi connectivity index (χ1) is 11.7. The van der Waals surface area contributed by atoms with Gasteiger partial charge in [0.2, 0.25) is 0 Å². The summed E-state index contributed by atoms with van der Waals surface area (Å²) < 4.78 is 2.34. The number of rotatable bonds is 3. The molecule has 0 radical (unpaired) electrons. The minimum Gasteiger partial charge on any atom is -0.327 e. The van der Waals surface area contributed by atoms with E-state index < -0.39 is 0 Å². The lowest BCUT2D eigenvalue weighted by Gasteiger charge is -2.13. The fourth-order valence-corrected chi connectivity index (χ4v) is 4.09. The van der Waals surface area contributed by atoms with E-state index in [1.54, 1.807) is 0 Å². The van der Waals surface area contributed by atoms with Crippen molar-refractivity contribution >= 4 is 25.3 Å². The monoisotopic (exact) mass is 353 g/mol. The maximum Gasteiger partial charge on any atom is 0.109 e. The van der Waals surface area contributed by atoms with E-state index in [0.29, 0.717) is 0 Å². The summed E-state index contributed by atoms with van der Waals surface area (Å²) in [5, 5.41) is 0. The molecular formula is C19H19N3S2. The third-order valence-corrected chi connectivity index (χ3v) is 5.81. The number of fused-ring (bicyclic) bond motifs is 1. The first kappa shape index (κ1) is 15.8. The standard InChI is InChI=1S/C19H19N3S2/c1-2-12-5-6-14(19(24)18(12)23)16-17(13-7-9-20-10-8-13)22-11-3-4-15(22)21-16/h5-10,23-24H,2-4,11H2,1H3. The predicted molar refractivity (Wildman–Crippen MR) is 103 cm³/mol. The summed E-state index contributed by atoms with van der Waals surface area (Å²) in [7, 11) is 0. The van der Waals surface area contributed by atoms with Gasteiger partial charge in [-0.1, -0.05) is 19.1 Å². The van der Waals surface area contributed by atoms with Crippen LogP contribution in [-0.2, 0) is 19.4 Å². The Balaban J connectivity index is 1.96. The lowest BCUT2D eigenvalue weighted by molar-refractivity contribution is 0.756. The van der Waals surface area contributed by atoms with Crippen molar-refractivity contribution in [3.8, 4) is 22.5 Å². The SMILES string of the molecule is CCc1ccc(-c2nc3n(c2-c2ccncc2)CCC3)c(S)c1S. The fourth-order valence-electron chi connectivity index (χ4n) is 3.41. The van der Waals surface area contributed by atoms with E-state index >= 15 is 0 Å². The largest absolute Gasteiger partial charge is 0.327 e. The van der Waals surface area contributed by atoms with Crippen LogP contribution >= 0.6 is 25.3 Å². The lowest BCUT2D eigenvalue weighted by Crippen LogP contribution is -1.97. The molecule has 0 atom stereocenters. The van der Waals surface area contributed by atoms with Crippen molar-refractivity contribution in [3.63, 3.8) is 0 Å². The zero-order chi connectivity index (χ0) is 16.7. The number of aryl methyl sites for hydroxylation is 2. The summed E-state index contributed by atoms with van der Waals surface area (Å²) >= 11 is 9.44. The smallest absolute Gasteiger partial charge is 0.109 e. The molecule has 24 heavy (non-hydrogen) atoms. The van der Waals surface area contributed by atoms with E-state index in [-0.39, 0.29) is 0 Å². The molecule has 0 bridgehead atoms. The number of benzene rings is 1. The van der Waals surface area contributed by atoms with Crippen molar-refractivity contribution in [1.82, 2.24) is 14.5 Å². The number of nitrogens with zero attached hydrogens (tertiary/aromatic N) is 3. The second-order valence-corrected chi connectivity index (χ2v) is 6.93. The van der Waals surface area contributed by atoms with Gasteiger partial charge in [-0.15, -0.1) is 25.3 Å². The molecule has 1 aliphatic rings. The van der Waals surface area contributed by atoms with Gasteiger partial charge in [0.1, 0.15) is 5.82 Å². The first-order valence-electron chi connectivity index (χ1n) is 8.24. The molecule has 122 valence electrons. The van der Waals surface area contributed by atoms with Crippen molar-refractivity contribution in [1.29, 1.82) is 0 Å². The van der Waals surface area contributed by atoms with Gasteiger partial charge >= 0.3 is 0 Å². The van der Waals surface area contributed by atoms with Gasteiger partial charge in [0.25, 0.3) is 0 Å². The molecule has 5 heteroatoms. The van der Waals surface area contributed by atoms with Gasteiger partial charge in [0, 0.05) is 46.3 Å². The quantitative estimate of drug-likeness (QED) is 0.669. The average molecular weight is 354 g/mol. The Labute approximate surface area is 153 Å². The Bertz CT molecular complexity index is 901. The predicted octanol–water partition coefficient (Wildman–Crippen LogP) is 4.70. The molecule has 3 nitrogen and oxygen atoms in total. The summed E-state index contributed by atoms with van der Waals surface area (Å²) in [6.45, 7) is 3.15. The topological polar surface area (TPSA) is 30.7 Å². The number of pyridine rings is 1. The van der Waals surface area contributed by atoms with E-state index in [1.165, 1.54) is 5.56 Å². The highest BCUT2D eigenvalue weighted by Crippen LogP contribution is 2.40. The van der Waals surface area contributed by atoms with Gasteiger partial charge in [0.15, 0.2) is 0 Å². The Morgan fingerprint density at radius 3 is 2.62 bits per heavy atom. The number of hydrogen-bond donors (Lipinski definition) is 2. The molecule has 3 heterocycles. The van der Waals surface area contributed by atoms with Gasteiger partial charge in [-0.2, -0.15) is 0 Å². The molecule has 0 unspecified atom stereocenters. The van der Waals surface area contributed by atoms with E-state index in [0.717, 1.165) is 63.9 Å². The first-order valence-corrected chi connectivity index (χ1v) is 9.14. The lowest BCUT2D eigenvalue weighted by atomic mass is 10.0. The second-order valence-electron chi connectivity index (χ2n) is 6.04. The Morgan fingerprint density at radius 2 is 1.88 bits per heavy atom. The van der Waals surface area contributed by atoms with Crippen LogP contribution in [-0.4, -0.2) is 14.5 Å². The molecule has 0 fully saturated rings. The molecular weight excluding hydrogens is 334 g/mol. The van der Waals surface area contributed by atoms with Crippen molar-refractivity contribution in [2.75, 3.05) is 0 Å². The highest BCUT2D eigenvalue weighted by molar-refractivity contribution is 7.83. The van der Waals surface area contributed by atoms with Crippen molar-refractivity contribution < 1.29 is 0 Å². The normalized spacial score (nSPS) is 13.3. The van der Waals surface area contributed by atoms with Crippen LogP contribution in [0.3, 0.4) is 0 Å². The summed E-state index contributed by atoms with van der Waals surface area (Å²) in [5.74, 6) is 1.16. The molecule has 2 aromatic heterocycles. The van der Waals surface area contributed by atoms with Crippen LogP contribution in [0, 0.1) is 0 Å². The van der Waals surface area contributed by atoms with E-state index in [1.807, 2.05) is 24.5 Å². The minimum atomic E-state index is 0.907. The van der Waals surface area contributed by atoms with Crippen molar-refractivity contribution in [2.24, 2.45) is 0 Å². The molecule has 0 N–H and O–H groups in total. The number of aromatic nitrogens is 3. The van der Waals surface area contributed by atoms with Crippen LogP contribution in [0.2, 0.25) is 0 Å². The molecule has 1 aliphatic heterocycles. The van der Waals surface area contributed by atoms with Crippen molar-refractivity contribution in [2.45, 2.75) is 42.5 Å². The highest BCUT2D eigenvalue weighted by Gasteiger charge is 2.24. The van der Waals surface area contributed by atoms with Gasteiger partial charge < -0.3 is 4.57 Å². The molecule has 4 rings (SSSR count). The minimum absolute atomic E-state index is 0.907. The van der Waals surface area contributed by atoms with Crippen LogP contribution in [0.25, 0.3) is 22.5 Å². The number of hydrogen-bond acceptors (Lipinski definition) is 4. The zero-order valence-corrected chi connectivity index (χ0v) is 15.3. The molecule has 0 saturated carbocycles. The van der Waals surface area contributed by atoms with Crippen LogP contribution in [0.4, 0.5) is 0 Å². The Kier molecular flexibility index (Phi) is 4.14. The summed E-state index contributed by atoms with van der Waals surface area (Å²) in [4.78, 5) is 11.0. The van der Waals surface area contributed by atoms with E-state index in [4.69, 9.17) is 17.6 Å².